The second-order valence-corrected chi connectivity index (χ2v) is 4.43. The molecule has 0 saturated carbocycles. The highest BCUT2D eigenvalue weighted by Crippen LogP contribution is 2.27. The van der Waals surface area contributed by atoms with E-state index in [1.165, 1.54) is 0 Å². The van der Waals surface area contributed by atoms with Crippen LogP contribution in [0.15, 0.2) is 6.07 Å². The van der Waals surface area contributed by atoms with Gasteiger partial charge in [0.2, 0.25) is 5.28 Å². The number of nitrogens with zero attached hydrogens (tertiary/aromatic N) is 4. The maximum absolute atomic E-state index is 5.88. The van der Waals surface area contributed by atoms with E-state index >= 15 is 0 Å². The second kappa shape index (κ2) is 4.63. The SMILES string of the molecule is CCn1nc(C)c(-c2cc(Cl)nc(Cl)n2)c1C. The molecule has 2 aromatic heterocycles. The molecule has 0 aliphatic rings. The summed E-state index contributed by atoms with van der Waals surface area (Å²) in [7, 11) is 0. The van der Waals surface area contributed by atoms with Crippen LogP contribution >= 0.6 is 23.2 Å². The molecule has 0 fully saturated rings. The minimum absolute atomic E-state index is 0.149. The Labute approximate surface area is 110 Å². The fourth-order valence-electron chi connectivity index (χ4n) is 1.89. The van der Waals surface area contributed by atoms with Gasteiger partial charge in [-0.25, -0.2) is 9.97 Å². The van der Waals surface area contributed by atoms with Gasteiger partial charge in [-0.1, -0.05) is 11.6 Å². The van der Waals surface area contributed by atoms with E-state index in [-0.39, 0.29) is 5.28 Å². The number of rotatable bonds is 2. The van der Waals surface area contributed by atoms with Crippen LogP contribution in [0.5, 0.6) is 0 Å². The zero-order chi connectivity index (χ0) is 12.6. The van der Waals surface area contributed by atoms with Gasteiger partial charge in [0.05, 0.1) is 11.4 Å². The summed E-state index contributed by atoms with van der Waals surface area (Å²) in [4.78, 5) is 8.03. The Bertz CT molecular complexity index is 543. The average molecular weight is 271 g/mol. The van der Waals surface area contributed by atoms with Crippen LogP contribution in [0.4, 0.5) is 0 Å². The molecule has 0 aliphatic carbocycles. The minimum atomic E-state index is 0.149. The molecule has 4 nitrogen and oxygen atoms in total. The highest BCUT2D eigenvalue weighted by atomic mass is 35.5. The molecule has 0 spiro atoms. The summed E-state index contributed by atoms with van der Waals surface area (Å²) in [5.74, 6) is 0. The van der Waals surface area contributed by atoms with E-state index in [9.17, 15) is 0 Å². The predicted molar refractivity (Wildman–Crippen MR) is 68.4 cm³/mol. The standard InChI is InChI=1S/C11H12Cl2N4/c1-4-17-7(3)10(6(2)16-17)8-5-9(12)15-11(13)14-8/h5H,4H2,1-3H3. The molecule has 2 aromatic rings. The molecule has 0 unspecified atom stereocenters. The van der Waals surface area contributed by atoms with Gasteiger partial charge in [-0.2, -0.15) is 5.10 Å². The zero-order valence-corrected chi connectivity index (χ0v) is 11.3. The van der Waals surface area contributed by atoms with Crippen molar-refractivity contribution in [1.82, 2.24) is 19.7 Å². The molecule has 0 amide bonds. The van der Waals surface area contributed by atoms with Crippen LogP contribution in [0.3, 0.4) is 0 Å². The van der Waals surface area contributed by atoms with Gasteiger partial charge >= 0.3 is 0 Å². The molecule has 0 atom stereocenters. The predicted octanol–water partition coefficient (Wildman–Crippen LogP) is 3.28. The number of halogens is 2. The molecule has 0 radical (unpaired) electrons. The largest absolute Gasteiger partial charge is 0.269 e. The molecular formula is C11H12Cl2N4. The van der Waals surface area contributed by atoms with Crippen molar-refractivity contribution in [3.63, 3.8) is 0 Å². The normalized spacial score (nSPS) is 10.9. The molecule has 0 aromatic carbocycles. The Kier molecular flexibility index (Phi) is 3.35. The number of aromatic nitrogens is 4. The van der Waals surface area contributed by atoms with Crippen molar-refractivity contribution in [3.8, 4) is 11.3 Å². The van der Waals surface area contributed by atoms with Gasteiger partial charge < -0.3 is 0 Å². The van der Waals surface area contributed by atoms with Gasteiger partial charge in [-0.15, -0.1) is 0 Å². The van der Waals surface area contributed by atoms with E-state index in [4.69, 9.17) is 23.2 Å². The van der Waals surface area contributed by atoms with Crippen molar-refractivity contribution in [3.05, 3.63) is 27.9 Å². The van der Waals surface area contributed by atoms with E-state index in [0.717, 1.165) is 23.5 Å². The Hall–Kier alpha value is -1.13. The van der Waals surface area contributed by atoms with Crippen LogP contribution in [-0.4, -0.2) is 19.7 Å². The zero-order valence-electron chi connectivity index (χ0n) is 9.83. The molecule has 0 bridgehead atoms. The Balaban J connectivity index is 2.63. The lowest BCUT2D eigenvalue weighted by atomic mass is 10.1. The summed E-state index contributed by atoms with van der Waals surface area (Å²) in [5.41, 5.74) is 3.65. The smallest absolute Gasteiger partial charge is 0.224 e. The van der Waals surface area contributed by atoms with Crippen molar-refractivity contribution in [2.45, 2.75) is 27.3 Å². The third-order valence-corrected chi connectivity index (χ3v) is 2.97. The molecule has 2 rings (SSSR count). The van der Waals surface area contributed by atoms with E-state index in [2.05, 4.69) is 15.1 Å². The summed E-state index contributed by atoms with van der Waals surface area (Å²) in [6.07, 6.45) is 0. The van der Waals surface area contributed by atoms with E-state index in [1.54, 1.807) is 6.07 Å². The highest BCUT2D eigenvalue weighted by Gasteiger charge is 2.15. The third-order valence-electron chi connectivity index (χ3n) is 2.60. The van der Waals surface area contributed by atoms with Gasteiger partial charge in [-0.3, -0.25) is 4.68 Å². The number of aryl methyl sites for hydroxylation is 2. The maximum Gasteiger partial charge on any atom is 0.224 e. The fourth-order valence-corrected chi connectivity index (χ4v) is 2.30. The third kappa shape index (κ3) is 2.28. The summed E-state index contributed by atoms with van der Waals surface area (Å²) in [5, 5.41) is 4.92. The van der Waals surface area contributed by atoms with Gasteiger partial charge in [-0.05, 0) is 32.4 Å². The first kappa shape index (κ1) is 12.3. The van der Waals surface area contributed by atoms with Crippen LogP contribution in [0.1, 0.15) is 18.3 Å². The lowest BCUT2D eigenvalue weighted by Crippen LogP contribution is -1.99. The Morgan fingerprint density at radius 2 is 1.94 bits per heavy atom. The van der Waals surface area contributed by atoms with Gasteiger partial charge in [0, 0.05) is 23.9 Å². The maximum atomic E-state index is 5.88. The van der Waals surface area contributed by atoms with Crippen molar-refractivity contribution in [2.75, 3.05) is 0 Å². The molecule has 0 N–H and O–H groups in total. The Morgan fingerprint density at radius 1 is 1.24 bits per heavy atom. The quantitative estimate of drug-likeness (QED) is 0.621. The fraction of sp³-hybridized carbons (Fsp3) is 0.364. The first-order valence-corrected chi connectivity index (χ1v) is 6.03. The van der Waals surface area contributed by atoms with Crippen molar-refractivity contribution in [2.24, 2.45) is 0 Å². The van der Waals surface area contributed by atoms with Crippen LogP contribution in [0.2, 0.25) is 10.4 Å². The molecule has 6 heteroatoms. The lowest BCUT2D eigenvalue weighted by Gasteiger charge is -2.03. The van der Waals surface area contributed by atoms with Crippen LogP contribution in [-0.2, 0) is 6.54 Å². The van der Waals surface area contributed by atoms with Gasteiger partial charge in [0.1, 0.15) is 5.15 Å². The number of hydrogen-bond donors (Lipinski definition) is 0. The van der Waals surface area contributed by atoms with Crippen LogP contribution in [0.25, 0.3) is 11.3 Å². The lowest BCUT2D eigenvalue weighted by molar-refractivity contribution is 0.634. The van der Waals surface area contributed by atoms with Crippen LogP contribution < -0.4 is 0 Å². The summed E-state index contributed by atoms with van der Waals surface area (Å²) < 4.78 is 1.93. The first-order chi connectivity index (χ1) is 8.02. The number of hydrogen-bond acceptors (Lipinski definition) is 3. The average Bonchev–Trinajstić information content (AvgIpc) is 2.52. The second-order valence-electron chi connectivity index (χ2n) is 3.71. The molecule has 90 valence electrons. The van der Waals surface area contributed by atoms with E-state index in [1.807, 2.05) is 25.5 Å². The van der Waals surface area contributed by atoms with Crippen molar-refractivity contribution in [1.29, 1.82) is 0 Å². The molecule has 2 heterocycles. The highest BCUT2D eigenvalue weighted by molar-refractivity contribution is 6.32. The van der Waals surface area contributed by atoms with Gasteiger partial charge in [0.25, 0.3) is 0 Å². The topological polar surface area (TPSA) is 43.6 Å². The van der Waals surface area contributed by atoms with Crippen molar-refractivity contribution >= 4 is 23.2 Å². The summed E-state index contributed by atoms with van der Waals surface area (Å²) in [6.45, 7) is 6.81. The first-order valence-electron chi connectivity index (χ1n) is 5.27. The molecule has 0 aliphatic heterocycles. The molecule has 17 heavy (non-hydrogen) atoms. The Morgan fingerprint density at radius 3 is 2.47 bits per heavy atom. The van der Waals surface area contributed by atoms with Gasteiger partial charge in [0.15, 0.2) is 0 Å². The van der Waals surface area contributed by atoms with E-state index in [0.29, 0.717) is 10.8 Å². The summed E-state index contributed by atoms with van der Waals surface area (Å²) >= 11 is 11.7. The van der Waals surface area contributed by atoms with Crippen molar-refractivity contribution < 1.29 is 0 Å². The minimum Gasteiger partial charge on any atom is -0.269 e. The van der Waals surface area contributed by atoms with E-state index < -0.39 is 0 Å². The van der Waals surface area contributed by atoms with Crippen LogP contribution in [0, 0.1) is 13.8 Å². The molecule has 0 saturated heterocycles. The molecular weight excluding hydrogens is 259 g/mol. The monoisotopic (exact) mass is 270 g/mol. The summed E-state index contributed by atoms with van der Waals surface area (Å²) in [6, 6.07) is 1.70.